The summed E-state index contributed by atoms with van der Waals surface area (Å²) in [6.07, 6.45) is 7.50. The predicted octanol–water partition coefficient (Wildman–Crippen LogP) is 3.79. The van der Waals surface area contributed by atoms with E-state index in [9.17, 15) is 24.9 Å². The van der Waals surface area contributed by atoms with Crippen LogP contribution in [0.1, 0.15) is 66.2 Å². The van der Waals surface area contributed by atoms with Gasteiger partial charge in [-0.1, -0.05) is 57.6 Å². The van der Waals surface area contributed by atoms with Crippen LogP contribution < -0.4 is 0 Å². The first-order valence-electron chi connectivity index (χ1n) is 13.5. The van der Waals surface area contributed by atoms with E-state index >= 15 is 0 Å². The number of aliphatic hydroxyl groups excluding tert-OH is 2. The molecule has 7 nitrogen and oxygen atoms in total. The maximum atomic E-state index is 12.4. The Labute approximate surface area is 219 Å². The third-order valence-corrected chi connectivity index (χ3v) is 9.96. The lowest BCUT2D eigenvalue weighted by Gasteiger charge is -2.44. The number of carbonyl (C=O) groups excluding carboxylic acids is 2. The SMILES string of the molecule is C=C[C@]1(C)C[C@@H]2OC(=O)C(CO)=C2C[C@@H]1C(=C)CC[C@H](C)C1=C[C@H]2[C@@H](C[C@@]1(C)CC)OC(=O)[C@@]2(O)CO. The molecule has 4 rings (SSSR count). The molecule has 0 bridgehead atoms. The van der Waals surface area contributed by atoms with Gasteiger partial charge in [0, 0.05) is 0 Å². The number of esters is 2. The van der Waals surface area contributed by atoms with E-state index < -0.39 is 36.2 Å². The van der Waals surface area contributed by atoms with Gasteiger partial charge in [0.15, 0.2) is 5.60 Å². The topological polar surface area (TPSA) is 113 Å². The van der Waals surface area contributed by atoms with Crippen molar-refractivity contribution < 1.29 is 34.4 Å². The van der Waals surface area contributed by atoms with E-state index in [-0.39, 0.29) is 35.4 Å². The molecule has 2 aliphatic carbocycles. The van der Waals surface area contributed by atoms with Gasteiger partial charge in [-0.05, 0) is 66.8 Å². The Bertz CT molecular complexity index is 1060. The minimum atomic E-state index is -1.89. The Balaban J connectivity index is 1.54. The van der Waals surface area contributed by atoms with Gasteiger partial charge in [0.25, 0.3) is 0 Å². The molecule has 37 heavy (non-hydrogen) atoms. The van der Waals surface area contributed by atoms with Gasteiger partial charge in [-0.25, -0.2) is 9.59 Å². The van der Waals surface area contributed by atoms with Crippen molar-refractivity contribution in [2.75, 3.05) is 13.2 Å². The minimum absolute atomic E-state index is 0.0714. The summed E-state index contributed by atoms with van der Waals surface area (Å²) >= 11 is 0. The number of allylic oxidation sites excluding steroid dienone is 3. The van der Waals surface area contributed by atoms with Crippen molar-refractivity contribution in [3.63, 3.8) is 0 Å². The number of fused-ring (bicyclic) bond motifs is 2. The van der Waals surface area contributed by atoms with Crippen LogP contribution >= 0.6 is 0 Å². The fourth-order valence-corrected chi connectivity index (χ4v) is 7.15. The van der Waals surface area contributed by atoms with Gasteiger partial charge in [0.2, 0.25) is 0 Å². The van der Waals surface area contributed by atoms with Crippen molar-refractivity contribution in [1.29, 1.82) is 0 Å². The first kappa shape index (κ1) is 27.8. The molecule has 0 aromatic carbocycles. The van der Waals surface area contributed by atoms with Gasteiger partial charge in [-0.15, -0.1) is 6.58 Å². The zero-order valence-corrected chi connectivity index (χ0v) is 22.6. The Morgan fingerprint density at radius 1 is 1.24 bits per heavy atom. The van der Waals surface area contributed by atoms with Crippen LogP contribution in [0.15, 0.2) is 47.6 Å². The van der Waals surface area contributed by atoms with Gasteiger partial charge < -0.3 is 24.8 Å². The number of hydrogen-bond donors (Lipinski definition) is 3. The molecule has 0 unspecified atom stereocenters. The molecular formula is C30H42O7. The zero-order chi connectivity index (χ0) is 27.3. The summed E-state index contributed by atoms with van der Waals surface area (Å²) in [6, 6.07) is 0. The summed E-state index contributed by atoms with van der Waals surface area (Å²) < 4.78 is 11.0. The summed E-state index contributed by atoms with van der Waals surface area (Å²) in [6.45, 7) is 16.2. The number of carbonyl (C=O) groups is 2. The molecule has 0 radical (unpaired) electrons. The van der Waals surface area contributed by atoms with Gasteiger partial charge in [0.1, 0.15) is 12.2 Å². The van der Waals surface area contributed by atoms with Crippen molar-refractivity contribution in [2.45, 2.75) is 84.0 Å². The van der Waals surface area contributed by atoms with E-state index in [0.717, 1.165) is 30.4 Å². The molecule has 0 aromatic heterocycles. The maximum Gasteiger partial charge on any atom is 0.341 e. The van der Waals surface area contributed by atoms with Crippen LogP contribution in [0.5, 0.6) is 0 Å². The summed E-state index contributed by atoms with van der Waals surface area (Å²) in [5.41, 5.74) is 1.18. The van der Waals surface area contributed by atoms with Crippen LogP contribution in [0, 0.1) is 28.6 Å². The number of rotatable bonds is 9. The lowest BCUT2D eigenvalue weighted by Crippen LogP contribution is -2.47. The van der Waals surface area contributed by atoms with E-state index in [1.165, 1.54) is 5.57 Å². The molecular weight excluding hydrogens is 472 g/mol. The molecule has 2 heterocycles. The van der Waals surface area contributed by atoms with Crippen LogP contribution in [0.25, 0.3) is 0 Å². The molecule has 7 heteroatoms. The monoisotopic (exact) mass is 514 g/mol. The van der Waals surface area contributed by atoms with Crippen LogP contribution in [-0.2, 0) is 19.1 Å². The minimum Gasteiger partial charge on any atom is -0.459 e. The summed E-state index contributed by atoms with van der Waals surface area (Å²) in [5, 5.41) is 30.4. The summed E-state index contributed by atoms with van der Waals surface area (Å²) in [4.78, 5) is 24.6. The van der Waals surface area contributed by atoms with Gasteiger partial charge in [-0.3, -0.25) is 0 Å². The van der Waals surface area contributed by atoms with Crippen LogP contribution in [0.3, 0.4) is 0 Å². The fraction of sp³-hybridized carbons (Fsp3) is 0.667. The third-order valence-electron chi connectivity index (χ3n) is 9.96. The average molecular weight is 515 g/mol. The van der Waals surface area contributed by atoms with Crippen molar-refractivity contribution in [3.8, 4) is 0 Å². The largest absolute Gasteiger partial charge is 0.459 e. The predicted molar refractivity (Wildman–Crippen MR) is 139 cm³/mol. The van der Waals surface area contributed by atoms with Gasteiger partial charge >= 0.3 is 11.9 Å². The second kappa shape index (κ2) is 9.83. The molecule has 2 aliphatic heterocycles. The normalized spacial score (nSPS) is 39.9. The average Bonchev–Trinajstić information content (AvgIpc) is 3.31. The zero-order valence-electron chi connectivity index (χ0n) is 22.6. The molecule has 3 N–H and O–H groups in total. The Hall–Kier alpha value is -2.22. The highest BCUT2D eigenvalue weighted by Crippen LogP contribution is 2.54. The second-order valence-corrected chi connectivity index (χ2v) is 12.1. The van der Waals surface area contributed by atoms with Crippen molar-refractivity contribution >= 4 is 11.9 Å². The quantitative estimate of drug-likeness (QED) is 0.317. The highest BCUT2D eigenvalue weighted by molar-refractivity contribution is 5.92. The molecule has 0 spiro atoms. The number of aliphatic hydroxyl groups is 3. The lowest BCUT2D eigenvalue weighted by molar-refractivity contribution is -0.158. The van der Waals surface area contributed by atoms with E-state index in [1.807, 2.05) is 12.2 Å². The molecule has 1 saturated carbocycles. The molecule has 2 fully saturated rings. The number of hydrogen-bond acceptors (Lipinski definition) is 7. The Morgan fingerprint density at radius 2 is 1.95 bits per heavy atom. The van der Waals surface area contributed by atoms with Crippen molar-refractivity contribution in [3.05, 3.63) is 47.6 Å². The highest BCUT2D eigenvalue weighted by Gasteiger charge is 2.59. The summed E-state index contributed by atoms with van der Waals surface area (Å²) in [7, 11) is 0. The van der Waals surface area contributed by atoms with Crippen LogP contribution in [0.4, 0.5) is 0 Å². The number of ether oxygens (including phenoxy) is 2. The molecule has 0 amide bonds. The highest BCUT2D eigenvalue weighted by atomic mass is 16.6. The van der Waals surface area contributed by atoms with Crippen LogP contribution in [-0.4, -0.2) is 58.3 Å². The van der Waals surface area contributed by atoms with E-state index in [2.05, 4.69) is 40.9 Å². The smallest absolute Gasteiger partial charge is 0.341 e. The second-order valence-electron chi connectivity index (χ2n) is 12.1. The van der Waals surface area contributed by atoms with Gasteiger partial charge in [0.05, 0.1) is 24.7 Å². The first-order valence-corrected chi connectivity index (χ1v) is 13.5. The standard InChI is InChI=1S/C30H42O7/c1-7-28(5)13-24-19(20(15-31)26(33)36-24)11-21(28)17(3)9-10-18(4)22-12-23-25(14-29(22,6)8-2)37-27(34)30(23,35)16-32/h7,12,18,21,23-25,31-32,35H,1,3,8-11,13-16H2,2,4-6H3/t18-,21+,23-,24-,25+,28+,29+,30+/m0/s1. The van der Waals surface area contributed by atoms with E-state index in [1.54, 1.807) is 0 Å². The Morgan fingerprint density at radius 3 is 2.54 bits per heavy atom. The molecule has 204 valence electrons. The third kappa shape index (κ3) is 4.43. The molecule has 1 saturated heterocycles. The molecule has 0 aromatic rings. The molecule has 4 aliphatic rings. The van der Waals surface area contributed by atoms with E-state index in [4.69, 9.17) is 9.47 Å². The maximum absolute atomic E-state index is 12.4. The lowest BCUT2D eigenvalue weighted by atomic mass is 9.61. The molecule has 8 atom stereocenters. The summed E-state index contributed by atoms with van der Waals surface area (Å²) in [5.74, 6) is -1.49. The van der Waals surface area contributed by atoms with Crippen LogP contribution in [0.2, 0.25) is 0 Å². The van der Waals surface area contributed by atoms with Gasteiger partial charge in [-0.2, -0.15) is 0 Å². The fourth-order valence-electron chi connectivity index (χ4n) is 7.15. The first-order chi connectivity index (χ1) is 17.4. The van der Waals surface area contributed by atoms with E-state index in [0.29, 0.717) is 24.8 Å². The Kier molecular flexibility index (Phi) is 7.38. The van der Waals surface area contributed by atoms with Crippen molar-refractivity contribution in [2.24, 2.45) is 28.6 Å². The van der Waals surface area contributed by atoms with Crippen molar-refractivity contribution in [1.82, 2.24) is 0 Å².